The maximum absolute atomic E-state index is 12.6. The van der Waals surface area contributed by atoms with Crippen LogP contribution in [-0.2, 0) is 12.8 Å². The maximum atomic E-state index is 12.6. The Morgan fingerprint density at radius 1 is 1.28 bits per heavy atom. The molecule has 2 fully saturated rings. The molecule has 154 valence electrons. The second kappa shape index (κ2) is 7.23. The molecule has 0 spiro atoms. The lowest BCUT2D eigenvalue weighted by molar-refractivity contribution is -0.256. The number of aromatic nitrogens is 2. The lowest BCUT2D eigenvalue weighted by Gasteiger charge is -2.44. The first-order valence-corrected chi connectivity index (χ1v) is 10.6. The molecule has 3 aliphatic rings. The van der Waals surface area contributed by atoms with Gasteiger partial charge >= 0.3 is 0 Å². The number of likely N-dealkylation sites (tertiary alicyclic amines) is 1. The topological polar surface area (TPSA) is 81.7 Å². The molecule has 2 N–H and O–H groups in total. The Bertz CT molecular complexity index is 961. The molecule has 5 heterocycles. The average molecular weight is 396 g/mol. The van der Waals surface area contributed by atoms with Crippen molar-refractivity contribution in [2.45, 2.75) is 56.5 Å². The van der Waals surface area contributed by atoms with Gasteiger partial charge in [0, 0.05) is 30.4 Å². The molecule has 2 aromatic rings. The quantitative estimate of drug-likeness (QED) is 0.768. The second-order valence-corrected chi connectivity index (χ2v) is 8.57. The fourth-order valence-corrected chi connectivity index (χ4v) is 5.20. The molecule has 0 radical (unpaired) electrons. The number of pyridine rings is 2. The Morgan fingerprint density at radius 2 is 2.14 bits per heavy atom. The van der Waals surface area contributed by atoms with Gasteiger partial charge in [-0.3, -0.25) is 14.8 Å². The highest BCUT2D eigenvalue weighted by Crippen LogP contribution is 2.43. The van der Waals surface area contributed by atoms with Gasteiger partial charge < -0.3 is 14.7 Å². The molecule has 7 heteroatoms. The Morgan fingerprint density at radius 3 is 2.93 bits per heavy atom. The van der Waals surface area contributed by atoms with Crippen LogP contribution in [-0.4, -0.2) is 57.0 Å². The van der Waals surface area contributed by atoms with Gasteiger partial charge in [0.2, 0.25) is 0 Å². The maximum Gasteiger partial charge on any atom is 0.278 e. The number of nitrogens with one attached hydrogen (secondary N) is 1. The minimum Gasteiger partial charge on any atom is -0.433 e. The van der Waals surface area contributed by atoms with Crippen molar-refractivity contribution in [2.75, 3.05) is 20.1 Å². The van der Waals surface area contributed by atoms with Gasteiger partial charge in [0.15, 0.2) is 5.88 Å². The third kappa shape index (κ3) is 3.37. The summed E-state index contributed by atoms with van der Waals surface area (Å²) in [5.41, 5.74) is 2.65. The van der Waals surface area contributed by atoms with Crippen molar-refractivity contribution in [3.8, 4) is 5.88 Å². The molecular weight excluding hydrogens is 368 g/mol. The summed E-state index contributed by atoms with van der Waals surface area (Å²) in [4.78, 5) is 24.3. The highest BCUT2D eigenvalue weighted by Gasteiger charge is 2.49. The minimum absolute atomic E-state index is 0.0985. The number of aromatic amines is 1. The number of H-pyrrole nitrogens is 1. The van der Waals surface area contributed by atoms with E-state index < -0.39 is 5.91 Å². The fourth-order valence-electron chi connectivity index (χ4n) is 5.20. The van der Waals surface area contributed by atoms with Gasteiger partial charge in [0.25, 0.3) is 11.5 Å². The number of fused-ring (bicyclic) bond motifs is 3. The molecule has 29 heavy (non-hydrogen) atoms. The second-order valence-electron chi connectivity index (χ2n) is 8.57. The van der Waals surface area contributed by atoms with E-state index in [0.29, 0.717) is 11.9 Å². The highest BCUT2D eigenvalue weighted by molar-refractivity contribution is 5.30. The van der Waals surface area contributed by atoms with Crippen molar-refractivity contribution in [2.24, 2.45) is 0 Å². The number of hydrogen-bond donors (Lipinski definition) is 2. The summed E-state index contributed by atoms with van der Waals surface area (Å²) in [5, 5.41) is 11.4. The monoisotopic (exact) mass is 396 g/mol. The zero-order chi connectivity index (χ0) is 20.0. The van der Waals surface area contributed by atoms with Crippen LogP contribution in [0.25, 0.3) is 0 Å². The number of hydrogen-bond acceptors (Lipinski definition) is 6. The van der Waals surface area contributed by atoms with Crippen molar-refractivity contribution in [3.05, 3.63) is 57.6 Å². The Hall–Kier alpha value is -2.22. The molecule has 2 saturated heterocycles. The van der Waals surface area contributed by atoms with Crippen molar-refractivity contribution < 1.29 is 9.84 Å². The summed E-state index contributed by atoms with van der Waals surface area (Å²) < 4.78 is 6.02. The van der Waals surface area contributed by atoms with Crippen LogP contribution in [0, 0.1) is 0 Å². The minimum atomic E-state index is -1.50. The number of nitrogens with zero attached hydrogens (tertiary/aromatic N) is 3. The highest BCUT2D eigenvalue weighted by atomic mass is 16.7. The summed E-state index contributed by atoms with van der Waals surface area (Å²) in [5.74, 6) is -1.20. The van der Waals surface area contributed by atoms with E-state index in [2.05, 4.69) is 28.0 Å². The normalized spacial score (nSPS) is 29.6. The van der Waals surface area contributed by atoms with Crippen LogP contribution in [0.5, 0.6) is 5.88 Å². The third-order valence-electron chi connectivity index (χ3n) is 6.75. The van der Waals surface area contributed by atoms with Crippen LogP contribution in [0.3, 0.4) is 0 Å². The number of rotatable bonds is 4. The zero-order valence-electron chi connectivity index (χ0n) is 16.8. The SMILES string of the molecule is CN1CCCC1Cc1ccc(OC2(O)Cc3ncccc3C3CCCN32)[nH]c1=O. The van der Waals surface area contributed by atoms with Crippen molar-refractivity contribution in [1.82, 2.24) is 19.8 Å². The summed E-state index contributed by atoms with van der Waals surface area (Å²) in [6.07, 6.45) is 7.03. The fraction of sp³-hybridized carbons (Fsp3) is 0.545. The first kappa shape index (κ1) is 18.8. The van der Waals surface area contributed by atoms with Gasteiger partial charge in [-0.05, 0) is 69.5 Å². The molecule has 7 nitrogen and oxygen atoms in total. The van der Waals surface area contributed by atoms with Crippen LogP contribution in [0.1, 0.15) is 48.5 Å². The molecule has 3 atom stereocenters. The van der Waals surface area contributed by atoms with Crippen molar-refractivity contribution >= 4 is 0 Å². The van der Waals surface area contributed by atoms with E-state index in [-0.39, 0.29) is 18.0 Å². The van der Waals surface area contributed by atoms with Gasteiger partial charge in [-0.15, -0.1) is 0 Å². The lowest BCUT2D eigenvalue weighted by atomic mass is 9.95. The van der Waals surface area contributed by atoms with Crippen LogP contribution < -0.4 is 10.3 Å². The predicted molar refractivity (Wildman–Crippen MR) is 109 cm³/mol. The molecule has 3 unspecified atom stereocenters. The van der Waals surface area contributed by atoms with Gasteiger partial charge in [-0.1, -0.05) is 6.07 Å². The van der Waals surface area contributed by atoms with E-state index in [9.17, 15) is 9.90 Å². The Labute approximate surface area is 170 Å². The number of likely N-dealkylation sites (N-methyl/N-ethyl adjacent to an activating group) is 1. The van der Waals surface area contributed by atoms with Crippen LogP contribution in [0.2, 0.25) is 0 Å². The first-order chi connectivity index (χ1) is 14.0. The molecule has 0 aliphatic carbocycles. The van der Waals surface area contributed by atoms with Crippen molar-refractivity contribution in [3.63, 3.8) is 0 Å². The largest absolute Gasteiger partial charge is 0.433 e. The Balaban J connectivity index is 1.38. The van der Waals surface area contributed by atoms with Crippen LogP contribution in [0.15, 0.2) is 35.3 Å². The van der Waals surface area contributed by atoms with Gasteiger partial charge in [0.05, 0.1) is 12.1 Å². The predicted octanol–water partition coefficient (Wildman–Crippen LogP) is 1.82. The van der Waals surface area contributed by atoms with E-state index in [0.717, 1.165) is 50.0 Å². The smallest absolute Gasteiger partial charge is 0.278 e. The third-order valence-corrected chi connectivity index (χ3v) is 6.75. The first-order valence-electron chi connectivity index (χ1n) is 10.6. The molecule has 0 bridgehead atoms. The summed E-state index contributed by atoms with van der Waals surface area (Å²) in [6, 6.07) is 8.14. The van der Waals surface area contributed by atoms with Crippen LogP contribution >= 0.6 is 0 Å². The molecule has 0 aromatic carbocycles. The number of aliphatic hydroxyl groups is 1. The molecule has 3 aliphatic heterocycles. The molecular formula is C22H28N4O3. The molecule has 0 saturated carbocycles. The number of ether oxygens (including phenoxy) is 1. The van der Waals surface area contributed by atoms with Gasteiger partial charge in [-0.25, -0.2) is 4.90 Å². The Kier molecular flexibility index (Phi) is 4.69. The summed E-state index contributed by atoms with van der Waals surface area (Å²) >= 11 is 0. The van der Waals surface area contributed by atoms with E-state index in [1.54, 1.807) is 12.3 Å². The average Bonchev–Trinajstić information content (AvgIpc) is 3.34. The standard InChI is InChI=1S/C22H28N4O3/c1-25-11-3-5-16(25)13-15-8-9-20(24-21(15)27)29-22(28)14-18-17(6-2-10-23-18)19-7-4-12-26(19)22/h2,6,8-10,16,19,28H,3-5,7,11-14H2,1H3,(H,24,27). The summed E-state index contributed by atoms with van der Waals surface area (Å²) in [7, 11) is 2.11. The van der Waals surface area contributed by atoms with E-state index in [1.165, 1.54) is 12.0 Å². The van der Waals surface area contributed by atoms with Crippen molar-refractivity contribution in [1.29, 1.82) is 0 Å². The van der Waals surface area contributed by atoms with Crippen LogP contribution in [0.4, 0.5) is 0 Å². The van der Waals surface area contributed by atoms with Gasteiger partial charge in [0.1, 0.15) is 0 Å². The molecule has 2 aromatic heterocycles. The van der Waals surface area contributed by atoms with E-state index in [1.807, 2.05) is 17.0 Å². The summed E-state index contributed by atoms with van der Waals surface area (Å²) in [6.45, 7) is 1.84. The lowest BCUT2D eigenvalue weighted by Crippen LogP contribution is -2.57. The van der Waals surface area contributed by atoms with Gasteiger partial charge in [-0.2, -0.15) is 0 Å². The molecule has 5 rings (SSSR count). The van der Waals surface area contributed by atoms with E-state index >= 15 is 0 Å². The molecule has 0 amide bonds. The zero-order valence-corrected chi connectivity index (χ0v) is 16.8. The van der Waals surface area contributed by atoms with E-state index in [4.69, 9.17) is 4.74 Å².